The molecule has 19 heavy (non-hydrogen) atoms. The fourth-order valence-corrected chi connectivity index (χ4v) is 3.41. The lowest BCUT2D eigenvalue weighted by Gasteiger charge is -2.06. The number of pyridine rings is 1. The maximum absolute atomic E-state index is 9.86. The maximum Gasteiger partial charge on any atom is 0.233 e. The van der Waals surface area contributed by atoms with Crippen LogP contribution < -0.4 is 0 Å². The maximum atomic E-state index is 9.86. The Morgan fingerprint density at radius 3 is 3.11 bits per heavy atom. The molecule has 0 aliphatic carbocycles. The van der Waals surface area contributed by atoms with Gasteiger partial charge in [-0.25, -0.2) is 0 Å². The predicted octanol–water partition coefficient (Wildman–Crippen LogP) is 1.89. The van der Waals surface area contributed by atoms with Gasteiger partial charge in [-0.15, -0.1) is 0 Å². The SMILES string of the molecule is CCc1cccnc1-c1noc(C2CSCC2O)n1. The van der Waals surface area contributed by atoms with Crippen LogP contribution >= 0.6 is 11.8 Å². The molecule has 1 aliphatic rings. The summed E-state index contributed by atoms with van der Waals surface area (Å²) in [5.41, 5.74) is 1.86. The lowest BCUT2D eigenvalue weighted by atomic mass is 10.1. The van der Waals surface area contributed by atoms with Crippen LogP contribution in [0.25, 0.3) is 11.5 Å². The summed E-state index contributed by atoms with van der Waals surface area (Å²) in [6, 6.07) is 3.92. The first kappa shape index (κ1) is 12.6. The first-order chi connectivity index (χ1) is 9.29. The van der Waals surface area contributed by atoms with Crippen molar-refractivity contribution in [3.63, 3.8) is 0 Å². The number of aliphatic hydroxyl groups is 1. The van der Waals surface area contributed by atoms with Crippen LogP contribution in [-0.4, -0.2) is 37.8 Å². The van der Waals surface area contributed by atoms with E-state index in [1.807, 2.05) is 12.1 Å². The Bertz CT molecular complexity index is 573. The summed E-state index contributed by atoms with van der Waals surface area (Å²) in [5, 5.41) is 13.9. The van der Waals surface area contributed by atoms with Gasteiger partial charge in [0, 0.05) is 17.7 Å². The third kappa shape index (κ3) is 2.37. The summed E-state index contributed by atoms with van der Waals surface area (Å²) < 4.78 is 5.30. The summed E-state index contributed by atoms with van der Waals surface area (Å²) in [4.78, 5) is 8.73. The average Bonchev–Trinajstić information content (AvgIpc) is 3.07. The van der Waals surface area contributed by atoms with Crippen LogP contribution in [0.3, 0.4) is 0 Å². The molecule has 5 nitrogen and oxygen atoms in total. The monoisotopic (exact) mass is 277 g/mol. The number of aliphatic hydroxyl groups excluding tert-OH is 1. The molecule has 2 atom stereocenters. The molecular weight excluding hydrogens is 262 g/mol. The minimum absolute atomic E-state index is 0.0555. The molecule has 1 saturated heterocycles. The van der Waals surface area contributed by atoms with Crippen molar-refractivity contribution in [2.24, 2.45) is 0 Å². The third-order valence-electron chi connectivity index (χ3n) is 3.29. The molecule has 0 spiro atoms. The second-order valence-electron chi connectivity index (χ2n) is 4.53. The molecule has 2 aromatic heterocycles. The summed E-state index contributed by atoms with van der Waals surface area (Å²) in [6.07, 6.45) is 2.20. The van der Waals surface area contributed by atoms with Crippen molar-refractivity contribution >= 4 is 11.8 Å². The van der Waals surface area contributed by atoms with E-state index in [0.717, 1.165) is 29.2 Å². The Kier molecular flexibility index (Phi) is 3.52. The van der Waals surface area contributed by atoms with E-state index >= 15 is 0 Å². The van der Waals surface area contributed by atoms with Gasteiger partial charge in [-0.05, 0) is 18.1 Å². The lowest BCUT2D eigenvalue weighted by Crippen LogP contribution is -2.15. The molecule has 0 amide bonds. The van der Waals surface area contributed by atoms with E-state index in [0.29, 0.717) is 11.7 Å². The van der Waals surface area contributed by atoms with Crippen LogP contribution in [0.15, 0.2) is 22.9 Å². The van der Waals surface area contributed by atoms with Gasteiger partial charge in [0.2, 0.25) is 11.7 Å². The third-order valence-corrected chi connectivity index (χ3v) is 4.47. The molecule has 0 aromatic carbocycles. The highest BCUT2D eigenvalue weighted by Gasteiger charge is 2.32. The number of aromatic nitrogens is 3. The highest BCUT2D eigenvalue weighted by atomic mass is 32.2. The number of rotatable bonds is 3. The molecule has 6 heteroatoms. The average molecular weight is 277 g/mol. The van der Waals surface area contributed by atoms with Crippen molar-refractivity contribution in [1.29, 1.82) is 0 Å². The number of thioether (sulfide) groups is 1. The van der Waals surface area contributed by atoms with Crippen LogP contribution in [0.2, 0.25) is 0 Å². The summed E-state index contributed by atoms with van der Waals surface area (Å²) in [7, 11) is 0. The molecule has 0 radical (unpaired) electrons. The smallest absolute Gasteiger partial charge is 0.233 e. The molecular formula is C13H15N3O2S. The molecule has 0 saturated carbocycles. The molecule has 0 bridgehead atoms. The van der Waals surface area contributed by atoms with Crippen LogP contribution in [0, 0.1) is 0 Å². The topological polar surface area (TPSA) is 72.0 Å². The number of nitrogens with zero attached hydrogens (tertiary/aromatic N) is 3. The largest absolute Gasteiger partial charge is 0.391 e. The number of hydrogen-bond acceptors (Lipinski definition) is 6. The van der Waals surface area contributed by atoms with Crippen LogP contribution in [0.5, 0.6) is 0 Å². The van der Waals surface area contributed by atoms with E-state index in [1.165, 1.54) is 0 Å². The lowest BCUT2D eigenvalue weighted by molar-refractivity contribution is 0.164. The Morgan fingerprint density at radius 1 is 1.47 bits per heavy atom. The highest BCUT2D eigenvalue weighted by molar-refractivity contribution is 7.99. The van der Waals surface area contributed by atoms with Crippen molar-refractivity contribution in [3.8, 4) is 11.5 Å². The van der Waals surface area contributed by atoms with Gasteiger partial charge in [-0.1, -0.05) is 18.1 Å². The highest BCUT2D eigenvalue weighted by Crippen LogP contribution is 2.32. The van der Waals surface area contributed by atoms with Crippen molar-refractivity contribution in [1.82, 2.24) is 15.1 Å². The second kappa shape index (κ2) is 5.30. The molecule has 1 aliphatic heterocycles. The predicted molar refractivity (Wildman–Crippen MR) is 73.0 cm³/mol. The minimum Gasteiger partial charge on any atom is -0.391 e. The van der Waals surface area contributed by atoms with E-state index in [2.05, 4.69) is 22.0 Å². The van der Waals surface area contributed by atoms with Crippen molar-refractivity contribution in [3.05, 3.63) is 29.8 Å². The summed E-state index contributed by atoms with van der Waals surface area (Å²) in [6.45, 7) is 2.07. The number of hydrogen-bond donors (Lipinski definition) is 1. The Balaban J connectivity index is 1.92. The number of aryl methyl sites for hydroxylation is 1. The van der Waals surface area contributed by atoms with Crippen LogP contribution in [-0.2, 0) is 6.42 Å². The first-order valence-corrected chi connectivity index (χ1v) is 7.48. The van der Waals surface area contributed by atoms with Gasteiger partial charge < -0.3 is 9.63 Å². The van der Waals surface area contributed by atoms with Crippen LogP contribution in [0.1, 0.15) is 24.3 Å². The Hall–Kier alpha value is -1.40. The fraction of sp³-hybridized carbons (Fsp3) is 0.462. The van der Waals surface area contributed by atoms with Crippen LogP contribution in [0.4, 0.5) is 0 Å². The Morgan fingerprint density at radius 2 is 2.37 bits per heavy atom. The van der Waals surface area contributed by atoms with Gasteiger partial charge in [-0.3, -0.25) is 4.98 Å². The zero-order valence-electron chi connectivity index (χ0n) is 10.6. The fourth-order valence-electron chi connectivity index (χ4n) is 2.19. The van der Waals surface area contributed by atoms with Crippen molar-refractivity contribution in [2.75, 3.05) is 11.5 Å². The van der Waals surface area contributed by atoms with Gasteiger partial charge in [-0.2, -0.15) is 16.7 Å². The molecule has 1 N–H and O–H groups in total. The molecule has 2 aromatic rings. The van der Waals surface area contributed by atoms with Gasteiger partial charge >= 0.3 is 0 Å². The second-order valence-corrected chi connectivity index (χ2v) is 5.61. The van der Waals surface area contributed by atoms with E-state index in [-0.39, 0.29) is 5.92 Å². The van der Waals surface area contributed by atoms with E-state index in [9.17, 15) is 5.11 Å². The van der Waals surface area contributed by atoms with E-state index in [4.69, 9.17) is 4.52 Å². The zero-order chi connectivity index (χ0) is 13.2. The van der Waals surface area contributed by atoms with Gasteiger partial charge in [0.25, 0.3) is 0 Å². The van der Waals surface area contributed by atoms with Gasteiger partial charge in [0.15, 0.2) is 0 Å². The minimum atomic E-state index is -0.396. The van der Waals surface area contributed by atoms with Gasteiger partial charge in [0.05, 0.1) is 12.0 Å². The molecule has 100 valence electrons. The molecule has 2 unspecified atom stereocenters. The Labute approximate surface area is 115 Å². The molecule has 3 heterocycles. The van der Waals surface area contributed by atoms with E-state index < -0.39 is 6.10 Å². The summed E-state index contributed by atoms with van der Waals surface area (Å²) in [5.74, 6) is 2.52. The molecule has 1 fully saturated rings. The molecule has 3 rings (SSSR count). The normalized spacial score (nSPS) is 22.8. The summed E-state index contributed by atoms with van der Waals surface area (Å²) >= 11 is 1.70. The van der Waals surface area contributed by atoms with Gasteiger partial charge in [0.1, 0.15) is 5.69 Å². The van der Waals surface area contributed by atoms with E-state index in [1.54, 1.807) is 18.0 Å². The zero-order valence-corrected chi connectivity index (χ0v) is 11.4. The first-order valence-electron chi connectivity index (χ1n) is 6.33. The quantitative estimate of drug-likeness (QED) is 0.923. The standard InChI is InChI=1S/C13H15N3O2S/c1-2-8-4-3-5-14-11(8)12-15-13(18-16-12)9-6-19-7-10(9)17/h3-5,9-10,17H,2,6-7H2,1H3. The van der Waals surface area contributed by atoms with Crippen molar-refractivity contribution < 1.29 is 9.63 Å². The van der Waals surface area contributed by atoms with Crippen molar-refractivity contribution in [2.45, 2.75) is 25.4 Å².